The summed E-state index contributed by atoms with van der Waals surface area (Å²) in [5.41, 5.74) is 7.71. The number of ether oxygens (including phenoxy) is 1. The molecule has 0 aliphatic rings. The van der Waals surface area contributed by atoms with E-state index < -0.39 is 0 Å². The van der Waals surface area contributed by atoms with E-state index in [4.69, 9.17) is 10.5 Å². The number of hydrogen-bond donors (Lipinski definition) is 1. The molecule has 0 fully saturated rings. The lowest BCUT2D eigenvalue weighted by molar-refractivity contribution is 0.414. The third kappa shape index (κ3) is 3.20. The molecule has 19 heavy (non-hydrogen) atoms. The van der Waals surface area contributed by atoms with Crippen LogP contribution in [0.4, 0.5) is 0 Å². The lowest BCUT2D eigenvalue weighted by Crippen LogP contribution is -2.28. The summed E-state index contributed by atoms with van der Waals surface area (Å²) in [7, 11) is 1.62. The molecule has 1 aromatic carbocycles. The molecule has 0 spiro atoms. The molecule has 100 valence electrons. The molecule has 1 atom stereocenters. The van der Waals surface area contributed by atoms with Gasteiger partial charge in [0, 0.05) is 25.0 Å². The third-order valence-corrected chi connectivity index (χ3v) is 2.92. The number of methoxy groups -OCH3 is 1. The highest BCUT2D eigenvalue weighted by Crippen LogP contribution is 2.16. The van der Waals surface area contributed by atoms with Crippen molar-refractivity contribution in [3.63, 3.8) is 0 Å². The smallest absolute Gasteiger partial charge is 0.347 e. The standard InChI is InChI=1S/C14H17N3O2/c1-10-7-16-14(18)17(8-10)9-13(15)11-3-5-12(19-2)6-4-11/h3-8,13H,9,15H2,1-2H3. The average molecular weight is 259 g/mol. The van der Waals surface area contributed by atoms with E-state index >= 15 is 0 Å². The highest BCUT2D eigenvalue weighted by molar-refractivity contribution is 5.28. The van der Waals surface area contributed by atoms with Gasteiger partial charge >= 0.3 is 5.69 Å². The van der Waals surface area contributed by atoms with Gasteiger partial charge in [0.15, 0.2) is 0 Å². The Labute approximate surface area is 111 Å². The van der Waals surface area contributed by atoms with Crippen LogP contribution in [0.15, 0.2) is 41.5 Å². The van der Waals surface area contributed by atoms with Gasteiger partial charge in [-0.1, -0.05) is 12.1 Å². The molecule has 1 heterocycles. The summed E-state index contributed by atoms with van der Waals surface area (Å²) in [5, 5.41) is 0. The number of hydrogen-bond acceptors (Lipinski definition) is 4. The molecule has 0 saturated carbocycles. The average Bonchev–Trinajstić information content (AvgIpc) is 2.43. The summed E-state index contributed by atoms with van der Waals surface area (Å²) in [6, 6.07) is 7.25. The highest BCUT2D eigenvalue weighted by Gasteiger charge is 2.08. The Morgan fingerprint density at radius 2 is 2.05 bits per heavy atom. The summed E-state index contributed by atoms with van der Waals surface area (Å²) in [6.45, 7) is 2.29. The van der Waals surface area contributed by atoms with Crippen molar-refractivity contribution in [2.24, 2.45) is 5.73 Å². The molecule has 0 bridgehead atoms. The zero-order valence-corrected chi connectivity index (χ0v) is 11.0. The first-order chi connectivity index (χ1) is 9.10. The molecule has 0 saturated heterocycles. The van der Waals surface area contributed by atoms with Gasteiger partial charge < -0.3 is 10.5 Å². The summed E-state index contributed by atoms with van der Waals surface area (Å²) < 4.78 is 6.63. The van der Waals surface area contributed by atoms with E-state index in [2.05, 4.69) is 4.98 Å². The van der Waals surface area contributed by atoms with Crippen molar-refractivity contribution in [3.8, 4) is 5.75 Å². The molecular formula is C14H17N3O2. The fraction of sp³-hybridized carbons (Fsp3) is 0.286. The maximum Gasteiger partial charge on any atom is 0.347 e. The normalized spacial score (nSPS) is 12.2. The van der Waals surface area contributed by atoms with Crippen LogP contribution in [-0.2, 0) is 6.54 Å². The molecule has 1 unspecified atom stereocenters. The number of nitrogens with zero attached hydrogens (tertiary/aromatic N) is 2. The SMILES string of the molecule is COc1ccc(C(N)Cn2cc(C)cnc2=O)cc1. The van der Waals surface area contributed by atoms with Crippen LogP contribution in [0.1, 0.15) is 17.2 Å². The van der Waals surface area contributed by atoms with E-state index in [-0.39, 0.29) is 11.7 Å². The maximum absolute atomic E-state index is 11.6. The van der Waals surface area contributed by atoms with E-state index in [0.29, 0.717) is 6.54 Å². The number of aryl methyl sites for hydroxylation is 1. The summed E-state index contributed by atoms with van der Waals surface area (Å²) >= 11 is 0. The Balaban J connectivity index is 2.17. The second-order valence-electron chi connectivity index (χ2n) is 4.45. The van der Waals surface area contributed by atoms with Crippen molar-refractivity contribution in [3.05, 3.63) is 58.3 Å². The van der Waals surface area contributed by atoms with Crippen LogP contribution in [0.3, 0.4) is 0 Å². The highest BCUT2D eigenvalue weighted by atomic mass is 16.5. The van der Waals surface area contributed by atoms with Crippen LogP contribution in [0.25, 0.3) is 0 Å². The van der Waals surface area contributed by atoms with Gasteiger partial charge in [-0.2, -0.15) is 0 Å². The predicted octanol–water partition coefficient (Wildman–Crippen LogP) is 1.26. The quantitative estimate of drug-likeness (QED) is 0.897. The molecule has 0 aliphatic carbocycles. The van der Waals surface area contributed by atoms with E-state index in [1.807, 2.05) is 31.2 Å². The number of rotatable bonds is 4. The fourth-order valence-corrected chi connectivity index (χ4v) is 1.86. The number of benzene rings is 1. The van der Waals surface area contributed by atoms with Crippen LogP contribution >= 0.6 is 0 Å². The minimum atomic E-state index is -0.283. The molecule has 1 aromatic heterocycles. The number of nitrogens with two attached hydrogens (primary N) is 1. The van der Waals surface area contributed by atoms with E-state index in [1.165, 1.54) is 4.57 Å². The molecule has 5 heteroatoms. The van der Waals surface area contributed by atoms with E-state index in [9.17, 15) is 4.79 Å². The van der Waals surface area contributed by atoms with Crippen LogP contribution in [0, 0.1) is 6.92 Å². The molecule has 2 N–H and O–H groups in total. The minimum Gasteiger partial charge on any atom is -0.497 e. The van der Waals surface area contributed by atoms with Gasteiger partial charge in [0.25, 0.3) is 0 Å². The predicted molar refractivity (Wildman–Crippen MR) is 73.2 cm³/mol. The zero-order valence-electron chi connectivity index (χ0n) is 11.0. The van der Waals surface area contributed by atoms with Gasteiger partial charge in [-0.3, -0.25) is 4.57 Å². The van der Waals surface area contributed by atoms with Gasteiger partial charge in [-0.25, -0.2) is 9.78 Å². The van der Waals surface area contributed by atoms with Crippen LogP contribution < -0.4 is 16.2 Å². The molecule has 5 nitrogen and oxygen atoms in total. The molecule has 0 aliphatic heterocycles. The van der Waals surface area contributed by atoms with Crippen LogP contribution in [-0.4, -0.2) is 16.7 Å². The van der Waals surface area contributed by atoms with Gasteiger partial charge in [-0.05, 0) is 30.2 Å². The summed E-state index contributed by atoms with van der Waals surface area (Å²) in [4.78, 5) is 15.4. The van der Waals surface area contributed by atoms with Gasteiger partial charge in [0.2, 0.25) is 0 Å². The maximum atomic E-state index is 11.6. The Hall–Kier alpha value is -2.14. The fourth-order valence-electron chi connectivity index (χ4n) is 1.86. The van der Waals surface area contributed by atoms with E-state index in [0.717, 1.165) is 16.9 Å². The van der Waals surface area contributed by atoms with Gasteiger partial charge in [0.1, 0.15) is 5.75 Å². The summed E-state index contributed by atoms with van der Waals surface area (Å²) in [5.74, 6) is 0.783. The lowest BCUT2D eigenvalue weighted by Gasteiger charge is -2.14. The Kier molecular flexibility index (Phi) is 3.97. The number of aromatic nitrogens is 2. The molecule has 0 radical (unpaired) electrons. The van der Waals surface area contributed by atoms with Crippen molar-refractivity contribution in [2.75, 3.05) is 7.11 Å². The van der Waals surface area contributed by atoms with Crippen LogP contribution in [0.2, 0.25) is 0 Å². The summed E-state index contributed by atoms with van der Waals surface area (Å²) in [6.07, 6.45) is 3.32. The van der Waals surface area contributed by atoms with Crippen molar-refractivity contribution in [2.45, 2.75) is 19.5 Å². The largest absolute Gasteiger partial charge is 0.497 e. The monoisotopic (exact) mass is 259 g/mol. The first-order valence-electron chi connectivity index (χ1n) is 6.03. The Morgan fingerprint density at radius 3 is 2.68 bits per heavy atom. The van der Waals surface area contributed by atoms with Crippen LogP contribution in [0.5, 0.6) is 5.75 Å². The molecule has 0 amide bonds. The van der Waals surface area contributed by atoms with Gasteiger partial charge in [-0.15, -0.1) is 0 Å². The second kappa shape index (κ2) is 5.67. The first-order valence-corrected chi connectivity index (χ1v) is 6.03. The third-order valence-electron chi connectivity index (χ3n) is 2.92. The first kappa shape index (κ1) is 13.3. The van der Waals surface area contributed by atoms with Crippen molar-refractivity contribution >= 4 is 0 Å². The Morgan fingerprint density at radius 1 is 1.37 bits per heavy atom. The topological polar surface area (TPSA) is 70.1 Å². The lowest BCUT2D eigenvalue weighted by atomic mass is 10.1. The minimum absolute atomic E-state index is 0.257. The molecule has 2 rings (SSSR count). The molecule has 2 aromatic rings. The van der Waals surface area contributed by atoms with Gasteiger partial charge in [0.05, 0.1) is 7.11 Å². The Bertz CT molecular complexity index is 605. The zero-order chi connectivity index (χ0) is 13.8. The van der Waals surface area contributed by atoms with Crippen molar-refractivity contribution in [1.82, 2.24) is 9.55 Å². The van der Waals surface area contributed by atoms with Crippen molar-refractivity contribution in [1.29, 1.82) is 0 Å². The molecular weight excluding hydrogens is 242 g/mol. The van der Waals surface area contributed by atoms with E-state index in [1.54, 1.807) is 19.5 Å². The van der Waals surface area contributed by atoms with Crippen molar-refractivity contribution < 1.29 is 4.74 Å². The second-order valence-corrected chi connectivity index (χ2v) is 4.45.